The first kappa shape index (κ1) is 19.6. The van der Waals surface area contributed by atoms with Gasteiger partial charge in [0.2, 0.25) is 0 Å². The summed E-state index contributed by atoms with van der Waals surface area (Å²) in [4.78, 5) is 12.9. The van der Waals surface area contributed by atoms with Gasteiger partial charge in [0, 0.05) is 19.5 Å². The van der Waals surface area contributed by atoms with Crippen LogP contribution in [0.5, 0.6) is 0 Å². The van der Waals surface area contributed by atoms with Crippen molar-refractivity contribution in [2.75, 3.05) is 7.11 Å². The summed E-state index contributed by atoms with van der Waals surface area (Å²) in [7, 11) is 1.55. The molecule has 5 nitrogen and oxygen atoms in total. The van der Waals surface area contributed by atoms with Crippen LogP contribution >= 0.6 is 0 Å². The van der Waals surface area contributed by atoms with Crippen LogP contribution in [0.2, 0.25) is 0 Å². The van der Waals surface area contributed by atoms with Crippen LogP contribution < -0.4 is 0 Å². The van der Waals surface area contributed by atoms with Gasteiger partial charge in [0.15, 0.2) is 6.10 Å². The van der Waals surface area contributed by atoms with Crippen LogP contribution in [0.15, 0.2) is 42.7 Å². The number of benzene rings is 1. The van der Waals surface area contributed by atoms with E-state index < -0.39 is 6.10 Å². The number of hydrogen-bond acceptors (Lipinski definition) is 4. The van der Waals surface area contributed by atoms with E-state index in [1.807, 2.05) is 36.5 Å². The molecule has 4 unspecified atom stereocenters. The highest BCUT2D eigenvalue weighted by Crippen LogP contribution is 2.36. The molecule has 0 radical (unpaired) electrons. The molecule has 5 heteroatoms. The smallest absolute Gasteiger partial charge is 0.340 e. The number of carbonyl (C=O) groups is 1. The van der Waals surface area contributed by atoms with E-state index in [9.17, 15) is 4.79 Å². The van der Waals surface area contributed by atoms with E-state index >= 15 is 0 Å². The van der Waals surface area contributed by atoms with Gasteiger partial charge >= 0.3 is 5.97 Å². The Balaban J connectivity index is 1.77. The molecule has 0 bridgehead atoms. The molecule has 1 aliphatic rings. The van der Waals surface area contributed by atoms with Crippen molar-refractivity contribution >= 4 is 5.97 Å². The second kappa shape index (κ2) is 8.70. The largest absolute Gasteiger partial charge is 0.460 e. The summed E-state index contributed by atoms with van der Waals surface area (Å²) < 4.78 is 13.3. The number of ether oxygens (including phenoxy) is 2. The highest BCUT2D eigenvalue weighted by atomic mass is 16.6. The molecule has 0 spiro atoms. The number of esters is 1. The SMILES string of the molecule is COC(C(=O)OC1CC(C)CCC1C(C)C)c1cccc(-n2cccn2)c1. The van der Waals surface area contributed by atoms with Gasteiger partial charge in [-0.05, 0) is 54.4 Å². The Morgan fingerprint density at radius 3 is 2.74 bits per heavy atom. The average Bonchev–Trinajstić information content (AvgIpc) is 3.17. The minimum atomic E-state index is -0.731. The van der Waals surface area contributed by atoms with Crippen molar-refractivity contribution in [1.82, 2.24) is 9.78 Å². The molecule has 1 aliphatic carbocycles. The van der Waals surface area contributed by atoms with Gasteiger partial charge in [0.05, 0.1) is 5.69 Å². The quantitative estimate of drug-likeness (QED) is 0.699. The summed E-state index contributed by atoms with van der Waals surface area (Å²) in [6.07, 6.45) is 6.08. The van der Waals surface area contributed by atoms with Gasteiger partial charge in [-0.15, -0.1) is 0 Å². The van der Waals surface area contributed by atoms with Crippen molar-refractivity contribution in [3.05, 3.63) is 48.3 Å². The van der Waals surface area contributed by atoms with Crippen LogP contribution in [-0.4, -0.2) is 29.0 Å². The first-order valence-corrected chi connectivity index (χ1v) is 9.83. The predicted octanol–water partition coefficient (Wildman–Crippen LogP) is 4.56. The van der Waals surface area contributed by atoms with Gasteiger partial charge in [-0.25, -0.2) is 9.48 Å². The van der Waals surface area contributed by atoms with Crippen LogP contribution in [-0.2, 0) is 14.3 Å². The molecule has 2 aromatic rings. The van der Waals surface area contributed by atoms with Crippen molar-refractivity contribution in [2.24, 2.45) is 17.8 Å². The van der Waals surface area contributed by atoms with E-state index in [0.29, 0.717) is 17.8 Å². The summed E-state index contributed by atoms with van der Waals surface area (Å²) in [6, 6.07) is 9.54. The summed E-state index contributed by atoms with van der Waals surface area (Å²) in [5.74, 6) is 1.19. The minimum Gasteiger partial charge on any atom is -0.460 e. The van der Waals surface area contributed by atoms with Crippen molar-refractivity contribution in [3.63, 3.8) is 0 Å². The number of carbonyl (C=O) groups excluding carboxylic acids is 1. The monoisotopic (exact) mass is 370 g/mol. The summed E-state index contributed by atoms with van der Waals surface area (Å²) >= 11 is 0. The minimum absolute atomic E-state index is 0.0341. The molecule has 1 aromatic heterocycles. The third kappa shape index (κ3) is 4.59. The molecule has 27 heavy (non-hydrogen) atoms. The van der Waals surface area contributed by atoms with E-state index in [0.717, 1.165) is 24.1 Å². The number of rotatable bonds is 6. The molecule has 1 heterocycles. The molecule has 1 fully saturated rings. The zero-order valence-corrected chi connectivity index (χ0v) is 16.7. The number of methoxy groups -OCH3 is 1. The molecule has 0 amide bonds. The average molecular weight is 370 g/mol. The lowest BCUT2D eigenvalue weighted by atomic mass is 9.75. The first-order valence-electron chi connectivity index (χ1n) is 9.83. The third-order valence-corrected chi connectivity index (χ3v) is 5.62. The standard InChI is InChI=1S/C22H30N2O3/c1-15(2)19-10-9-16(3)13-20(19)27-22(25)21(26-4)17-7-5-8-18(14-17)24-12-6-11-23-24/h5-8,11-12,14-16,19-21H,9-10,13H2,1-4H3. The third-order valence-electron chi connectivity index (χ3n) is 5.62. The maximum atomic E-state index is 12.9. The van der Waals surface area contributed by atoms with Gasteiger partial charge < -0.3 is 9.47 Å². The molecule has 0 saturated heterocycles. The van der Waals surface area contributed by atoms with Crippen LogP contribution in [0.25, 0.3) is 5.69 Å². The molecule has 1 aromatic carbocycles. The summed E-state index contributed by atoms with van der Waals surface area (Å²) in [6.45, 7) is 6.66. The fourth-order valence-electron chi connectivity index (χ4n) is 4.08. The van der Waals surface area contributed by atoms with Gasteiger partial charge in [-0.3, -0.25) is 0 Å². The second-order valence-corrected chi connectivity index (χ2v) is 7.96. The molecule has 4 atom stereocenters. The maximum Gasteiger partial charge on any atom is 0.340 e. The van der Waals surface area contributed by atoms with Crippen molar-refractivity contribution in [2.45, 2.75) is 52.2 Å². The lowest BCUT2D eigenvalue weighted by Crippen LogP contribution is -2.37. The Kier molecular flexibility index (Phi) is 6.32. The molecule has 146 valence electrons. The van der Waals surface area contributed by atoms with Crippen LogP contribution in [0, 0.1) is 17.8 Å². The molecule has 3 rings (SSSR count). The lowest BCUT2D eigenvalue weighted by molar-refractivity contribution is -0.168. The second-order valence-electron chi connectivity index (χ2n) is 7.96. The van der Waals surface area contributed by atoms with Gasteiger partial charge in [0.25, 0.3) is 0 Å². The van der Waals surface area contributed by atoms with Gasteiger partial charge in [-0.2, -0.15) is 5.10 Å². The Labute approximate surface area is 161 Å². The zero-order chi connectivity index (χ0) is 19.4. The number of hydrogen-bond donors (Lipinski definition) is 0. The predicted molar refractivity (Wildman–Crippen MR) is 105 cm³/mol. The Morgan fingerprint density at radius 1 is 1.26 bits per heavy atom. The maximum absolute atomic E-state index is 12.9. The molecule has 1 saturated carbocycles. The fraction of sp³-hybridized carbons (Fsp3) is 0.545. The molecule has 0 N–H and O–H groups in total. The molecule has 0 aliphatic heterocycles. The van der Waals surface area contributed by atoms with Crippen molar-refractivity contribution < 1.29 is 14.3 Å². The highest BCUT2D eigenvalue weighted by Gasteiger charge is 2.35. The lowest BCUT2D eigenvalue weighted by Gasteiger charge is -2.37. The fourth-order valence-corrected chi connectivity index (χ4v) is 4.08. The highest BCUT2D eigenvalue weighted by molar-refractivity contribution is 5.77. The van der Waals surface area contributed by atoms with Crippen molar-refractivity contribution in [1.29, 1.82) is 0 Å². The van der Waals surface area contributed by atoms with E-state index in [1.165, 1.54) is 6.42 Å². The molecular formula is C22H30N2O3. The van der Waals surface area contributed by atoms with Crippen LogP contribution in [0.4, 0.5) is 0 Å². The van der Waals surface area contributed by atoms with Gasteiger partial charge in [-0.1, -0.05) is 39.3 Å². The Morgan fingerprint density at radius 2 is 2.07 bits per heavy atom. The van der Waals surface area contributed by atoms with E-state index in [4.69, 9.17) is 9.47 Å². The molecular weight excluding hydrogens is 340 g/mol. The van der Waals surface area contributed by atoms with Gasteiger partial charge in [0.1, 0.15) is 6.10 Å². The van der Waals surface area contributed by atoms with Crippen LogP contribution in [0.3, 0.4) is 0 Å². The normalized spacial score (nSPS) is 24.0. The number of aromatic nitrogens is 2. The Hall–Kier alpha value is -2.14. The summed E-state index contributed by atoms with van der Waals surface area (Å²) in [5, 5.41) is 4.25. The zero-order valence-electron chi connectivity index (χ0n) is 16.7. The summed E-state index contributed by atoms with van der Waals surface area (Å²) in [5.41, 5.74) is 1.67. The topological polar surface area (TPSA) is 53.4 Å². The van der Waals surface area contributed by atoms with Crippen molar-refractivity contribution in [3.8, 4) is 5.69 Å². The Bertz CT molecular complexity index is 742. The number of nitrogens with zero attached hydrogens (tertiary/aromatic N) is 2. The van der Waals surface area contributed by atoms with E-state index in [1.54, 1.807) is 18.0 Å². The first-order chi connectivity index (χ1) is 13.0. The van der Waals surface area contributed by atoms with E-state index in [-0.39, 0.29) is 12.1 Å². The van der Waals surface area contributed by atoms with E-state index in [2.05, 4.69) is 25.9 Å². The van der Waals surface area contributed by atoms with Crippen LogP contribution in [0.1, 0.15) is 51.7 Å².